The fourth-order valence-corrected chi connectivity index (χ4v) is 5.30. The highest BCUT2D eigenvalue weighted by Crippen LogP contribution is 2.31. The molecule has 0 fully saturated rings. The van der Waals surface area contributed by atoms with Crippen LogP contribution in [0.25, 0.3) is 22.0 Å². The molecule has 0 radical (unpaired) electrons. The zero-order valence-electron chi connectivity index (χ0n) is 18.9. The van der Waals surface area contributed by atoms with Crippen molar-refractivity contribution in [2.45, 2.75) is 19.0 Å². The molecule has 186 valence electrons. The summed E-state index contributed by atoms with van der Waals surface area (Å²) in [6, 6.07) is 16.6. The number of halogens is 2. The molecule has 0 saturated heterocycles. The predicted molar refractivity (Wildman–Crippen MR) is 139 cm³/mol. The molecule has 1 atom stereocenters. The van der Waals surface area contributed by atoms with Crippen LogP contribution in [0.3, 0.4) is 0 Å². The van der Waals surface area contributed by atoms with E-state index in [9.17, 15) is 23.1 Å². The van der Waals surface area contributed by atoms with E-state index in [0.717, 1.165) is 26.4 Å². The molecule has 0 spiro atoms. The van der Waals surface area contributed by atoms with Gasteiger partial charge in [0, 0.05) is 6.54 Å². The fourth-order valence-electron chi connectivity index (χ4n) is 3.83. The highest BCUT2D eigenvalue weighted by molar-refractivity contribution is 7.92. The number of rotatable bonds is 8. The lowest BCUT2D eigenvalue weighted by atomic mass is 10.1. The number of hydrogen-bond donors (Lipinski definition) is 1. The van der Waals surface area contributed by atoms with E-state index in [1.54, 1.807) is 54.6 Å². The van der Waals surface area contributed by atoms with E-state index in [2.05, 4.69) is 10.3 Å². The van der Waals surface area contributed by atoms with Gasteiger partial charge in [0.05, 0.1) is 27.4 Å². The van der Waals surface area contributed by atoms with Gasteiger partial charge < -0.3 is 5.11 Å². The van der Waals surface area contributed by atoms with Crippen LogP contribution in [-0.4, -0.2) is 46.8 Å². The molecule has 0 amide bonds. The molecule has 1 aromatic heterocycles. The van der Waals surface area contributed by atoms with Crippen molar-refractivity contribution in [3.63, 3.8) is 0 Å². The summed E-state index contributed by atoms with van der Waals surface area (Å²) in [5, 5.41) is 18.9. The number of aryl methyl sites for hydroxylation is 1. The largest absolute Gasteiger partial charge is 0.480 e. The molecule has 0 aliphatic heterocycles. The summed E-state index contributed by atoms with van der Waals surface area (Å²) in [5.41, 5.74) is 1.61. The lowest BCUT2D eigenvalue weighted by molar-refractivity contribution is -0.138. The van der Waals surface area contributed by atoms with Crippen molar-refractivity contribution in [3.05, 3.63) is 87.1 Å². The Morgan fingerprint density at radius 3 is 2.33 bits per heavy atom. The van der Waals surface area contributed by atoms with Crippen molar-refractivity contribution in [2.75, 3.05) is 10.6 Å². The number of hydrogen-bond acceptors (Lipinski definition) is 6. The number of benzene rings is 3. The SMILES string of the molecule is CS(=O)(=O)N(c1ccc(-c2ccc(Cl)c(Cl)c2)cc1)[C@@H](CCn1nnc2ccccc2c1=O)C(=O)O. The number of sulfonamides is 1. The van der Waals surface area contributed by atoms with Crippen LogP contribution >= 0.6 is 23.2 Å². The number of carboxylic acid groups (broad SMARTS) is 1. The Morgan fingerprint density at radius 1 is 1.03 bits per heavy atom. The molecule has 4 rings (SSSR count). The van der Waals surface area contributed by atoms with E-state index >= 15 is 0 Å². The quantitative estimate of drug-likeness (QED) is 0.353. The van der Waals surface area contributed by atoms with E-state index in [1.165, 1.54) is 12.1 Å². The first kappa shape index (κ1) is 25.6. The van der Waals surface area contributed by atoms with Crippen LogP contribution in [0.4, 0.5) is 5.69 Å². The number of carbonyl (C=O) groups is 1. The van der Waals surface area contributed by atoms with E-state index in [4.69, 9.17) is 23.2 Å². The summed E-state index contributed by atoms with van der Waals surface area (Å²) in [4.78, 5) is 24.9. The van der Waals surface area contributed by atoms with E-state index in [1.807, 2.05) is 0 Å². The Balaban J connectivity index is 1.65. The third-order valence-corrected chi connectivity index (χ3v) is 7.46. The summed E-state index contributed by atoms with van der Waals surface area (Å²) in [7, 11) is -4.01. The van der Waals surface area contributed by atoms with Gasteiger partial charge in [-0.1, -0.05) is 58.7 Å². The number of nitrogens with zero attached hydrogens (tertiary/aromatic N) is 4. The Kier molecular flexibility index (Phi) is 7.30. The maximum absolute atomic E-state index is 12.7. The zero-order valence-corrected chi connectivity index (χ0v) is 21.2. The Morgan fingerprint density at radius 2 is 1.69 bits per heavy atom. The first-order valence-corrected chi connectivity index (χ1v) is 13.3. The maximum atomic E-state index is 12.7. The van der Waals surface area contributed by atoms with Crippen molar-refractivity contribution in [3.8, 4) is 11.1 Å². The van der Waals surface area contributed by atoms with Gasteiger partial charge in [0.1, 0.15) is 11.6 Å². The van der Waals surface area contributed by atoms with Gasteiger partial charge >= 0.3 is 5.97 Å². The first-order chi connectivity index (χ1) is 17.1. The molecule has 9 nitrogen and oxygen atoms in total. The third-order valence-electron chi connectivity index (χ3n) is 5.54. The van der Waals surface area contributed by atoms with Crippen molar-refractivity contribution < 1.29 is 18.3 Å². The van der Waals surface area contributed by atoms with Crippen LogP contribution in [0.5, 0.6) is 0 Å². The number of carboxylic acids is 1. The zero-order chi connectivity index (χ0) is 26.0. The molecule has 0 aliphatic carbocycles. The molecule has 12 heteroatoms. The van der Waals surface area contributed by atoms with E-state index in [-0.39, 0.29) is 18.7 Å². The van der Waals surface area contributed by atoms with Crippen LogP contribution in [0.2, 0.25) is 10.0 Å². The fraction of sp³-hybridized carbons (Fsp3) is 0.167. The van der Waals surface area contributed by atoms with Crippen molar-refractivity contribution in [2.24, 2.45) is 0 Å². The number of fused-ring (bicyclic) bond motifs is 1. The Hall–Kier alpha value is -3.47. The lowest BCUT2D eigenvalue weighted by Gasteiger charge is -2.29. The minimum absolute atomic E-state index is 0.152. The Bertz CT molecular complexity index is 1610. The summed E-state index contributed by atoms with van der Waals surface area (Å²) in [6.45, 7) is -0.152. The van der Waals surface area contributed by atoms with Crippen LogP contribution in [0.1, 0.15) is 6.42 Å². The van der Waals surface area contributed by atoms with Gasteiger partial charge in [-0.25, -0.2) is 17.9 Å². The molecule has 36 heavy (non-hydrogen) atoms. The number of aliphatic carboxylic acids is 1. The predicted octanol–water partition coefficient (Wildman–Crippen LogP) is 4.07. The van der Waals surface area contributed by atoms with Gasteiger partial charge in [-0.15, -0.1) is 5.10 Å². The Labute approximate surface area is 216 Å². The number of aromatic nitrogens is 3. The van der Waals surface area contributed by atoms with Crippen molar-refractivity contribution in [1.82, 2.24) is 15.0 Å². The van der Waals surface area contributed by atoms with Gasteiger partial charge in [0.15, 0.2) is 0 Å². The van der Waals surface area contributed by atoms with Crippen LogP contribution in [0.15, 0.2) is 71.5 Å². The second-order valence-corrected chi connectivity index (χ2v) is 10.7. The van der Waals surface area contributed by atoms with Crippen LogP contribution in [0, 0.1) is 0 Å². The highest BCUT2D eigenvalue weighted by atomic mass is 35.5. The maximum Gasteiger partial charge on any atom is 0.327 e. The van der Waals surface area contributed by atoms with Crippen molar-refractivity contribution >= 4 is 55.8 Å². The standard InChI is InChI=1S/C24H20Cl2N4O5S/c1-36(34,35)30(17-9-6-15(7-10-17)16-8-11-19(25)20(26)14-16)22(24(32)33)12-13-29-23(31)18-4-2-3-5-21(18)27-28-29/h2-11,14,22H,12-13H2,1H3,(H,32,33)/t22-/m0/s1. The van der Waals surface area contributed by atoms with Gasteiger partial charge in [-0.2, -0.15) is 0 Å². The highest BCUT2D eigenvalue weighted by Gasteiger charge is 2.33. The van der Waals surface area contributed by atoms with Gasteiger partial charge in [0.2, 0.25) is 10.0 Å². The monoisotopic (exact) mass is 546 g/mol. The molecular weight excluding hydrogens is 527 g/mol. The molecule has 0 aliphatic rings. The van der Waals surface area contributed by atoms with Crippen LogP contribution < -0.4 is 9.86 Å². The minimum atomic E-state index is -4.01. The van der Waals surface area contributed by atoms with Gasteiger partial charge in [-0.05, 0) is 53.9 Å². The second kappa shape index (κ2) is 10.3. The topological polar surface area (TPSA) is 122 Å². The average molecular weight is 547 g/mol. The molecule has 0 saturated carbocycles. The average Bonchev–Trinajstić information content (AvgIpc) is 2.84. The lowest BCUT2D eigenvalue weighted by Crippen LogP contribution is -2.46. The molecular formula is C24H20Cl2N4O5S. The van der Waals surface area contributed by atoms with E-state index in [0.29, 0.717) is 20.9 Å². The van der Waals surface area contributed by atoms with Crippen LogP contribution in [-0.2, 0) is 21.4 Å². The third kappa shape index (κ3) is 5.35. The summed E-state index contributed by atoms with van der Waals surface area (Å²) < 4.78 is 27.3. The van der Waals surface area contributed by atoms with Gasteiger partial charge in [0.25, 0.3) is 5.56 Å². The molecule has 1 heterocycles. The molecule has 4 aromatic rings. The molecule has 0 bridgehead atoms. The molecule has 1 N–H and O–H groups in total. The minimum Gasteiger partial charge on any atom is -0.480 e. The van der Waals surface area contributed by atoms with Crippen molar-refractivity contribution in [1.29, 1.82) is 0 Å². The summed E-state index contributed by atoms with van der Waals surface area (Å²) in [5.74, 6) is -1.37. The summed E-state index contributed by atoms with van der Waals surface area (Å²) >= 11 is 12.1. The number of anilines is 1. The van der Waals surface area contributed by atoms with E-state index < -0.39 is 27.6 Å². The second-order valence-electron chi connectivity index (χ2n) is 8.01. The molecule has 3 aromatic carbocycles. The normalized spacial score (nSPS) is 12.4. The smallest absolute Gasteiger partial charge is 0.327 e. The first-order valence-electron chi connectivity index (χ1n) is 10.7. The molecule has 0 unspecified atom stereocenters. The van der Waals surface area contributed by atoms with Gasteiger partial charge in [-0.3, -0.25) is 9.10 Å². The summed E-state index contributed by atoms with van der Waals surface area (Å²) in [6.07, 6.45) is 0.710.